The molecule has 178 valence electrons. The summed E-state index contributed by atoms with van der Waals surface area (Å²) in [5, 5.41) is 9.63. The maximum absolute atomic E-state index is 11.7. The van der Waals surface area contributed by atoms with Crippen molar-refractivity contribution in [2.75, 3.05) is 32.8 Å². The fraction of sp³-hybridized carbons (Fsp3) is 0.680. The highest BCUT2D eigenvalue weighted by molar-refractivity contribution is 5.79. The summed E-state index contributed by atoms with van der Waals surface area (Å²) in [6.07, 6.45) is 10.9. The zero-order valence-electron chi connectivity index (χ0n) is 19.5. The van der Waals surface area contributed by atoms with Crippen molar-refractivity contribution in [3.05, 3.63) is 29.8 Å². The van der Waals surface area contributed by atoms with Crippen LogP contribution < -0.4 is 20.7 Å². The summed E-state index contributed by atoms with van der Waals surface area (Å²) in [6.45, 7) is 5.35. The molecule has 0 unspecified atom stereocenters. The predicted molar refractivity (Wildman–Crippen MR) is 128 cm³/mol. The van der Waals surface area contributed by atoms with Crippen LogP contribution in [0.1, 0.15) is 63.9 Å². The molecule has 32 heavy (non-hydrogen) atoms. The van der Waals surface area contributed by atoms with Crippen LogP contribution in [-0.4, -0.2) is 56.9 Å². The molecule has 2 aliphatic rings. The van der Waals surface area contributed by atoms with Crippen molar-refractivity contribution >= 4 is 11.9 Å². The highest BCUT2D eigenvalue weighted by Gasteiger charge is 2.23. The third-order valence-electron chi connectivity index (χ3n) is 5.76. The van der Waals surface area contributed by atoms with Gasteiger partial charge >= 0.3 is 0 Å². The van der Waals surface area contributed by atoms with Gasteiger partial charge in [-0.05, 0) is 63.1 Å². The number of benzene rings is 1. The number of hydrogen-bond donors (Lipinski definition) is 3. The number of guanidine groups is 1. The quantitative estimate of drug-likeness (QED) is 0.247. The Morgan fingerprint density at radius 1 is 1.06 bits per heavy atom. The Bertz CT molecular complexity index is 698. The van der Waals surface area contributed by atoms with Crippen LogP contribution in [0.4, 0.5) is 0 Å². The van der Waals surface area contributed by atoms with Crippen LogP contribution in [0.15, 0.2) is 29.3 Å². The molecule has 2 fully saturated rings. The van der Waals surface area contributed by atoms with Crippen LogP contribution in [0.2, 0.25) is 0 Å². The van der Waals surface area contributed by atoms with Gasteiger partial charge in [-0.15, -0.1) is 0 Å². The van der Waals surface area contributed by atoms with E-state index in [0.717, 1.165) is 63.6 Å². The zero-order chi connectivity index (χ0) is 22.4. The lowest BCUT2D eigenvalue weighted by atomic mass is 9.98. The van der Waals surface area contributed by atoms with Crippen molar-refractivity contribution in [3.8, 4) is 5.75 Å². The van der Waals surface area contributed by atoms with Gasteiger partial charge in [0.1, 0.15) is 5.75 Å². The van der Waals surface area contributed by atoms with Crippen molar-refractivity contribution in [2.24, 2.45) is 4.99 Å². The summed E-state index contributed by atoms with van der Waals surface area (Å²) in [4.78, 5) is 16.4. The normalized spacial score (nSPS) is 17.1. The second kappa shape index (κ2) is 14.0. The van der Waals surface area contributed by atoms with Gasteiger partial charge in [-0.1, -0.05) is 31.4 Å². The SMILES string of the molecule is CCNC(=NCCCOC1CCCCC1)NCCc1ccc(OCC(=O)NC2CC2)cc1. The van der Waals surface area contributed by atoms with Crippen molar-refractivity contribution in [1.82, 2.24) is 16.0 Å². The molecule has 2 saturated carbocycles. The highest BCUT2D eigenvalue weighted by atomic mass is 16.5. The number of ether oxygens (including phenoxy) is 2. The second-order valence-electron chi connectivity index (χ2n) is 8.70. The lowest BCUT2D eigenvalue weighted by Gasteiger charge is -2.21. The first-order valence-corrected chi connectivity index (χ1v) is 12.4. The fourth-order valence-corrected chi connectivity index (χ4v) is 3.80. The third-order valence-corrected chi connectivity index (χ3v) is 5.76. The first-order valence-electron chi connectivity index (χ1n) is 12.4. The maximum atomic E-state index is 11.7. The van der Waals surface area contributed by atoms with Gasteiger partial charge < -0.3 is 25.4 Å². The predicted octanol–water partition coefficient (Wildman–Crippen LogP) is 3.18. The van der Waals surface area contributed by atoms with E-state index in [1.807, 2.05) is 24.3 Å². The number of rotatable bonds is 13. The average molecular weight is 445 g/mol. The minimum atomic E-state index is -0.0448. The molecule has 1 aromatic carbocycles. The van der Waals surface area contributed by atoms with E-state index in [-0.39, 0.29) is 12.5 Å². The van der Waals surface area contributed by atoms with Crippen molar-refractivity contribution in [3.63, 3.8) is 0 Å². The number of amides is 1. The molecule has 0 saturated heterocycles. The first-order chi connectivity index (χ1) is 15.7. The summed E-state index contributed by atoms with van der Waals surface area (Å²) in [5.74, 6) is 1.53. The zero-order valence-corrected chi connectivity index (χ0v) is 19.5. The molecular weight excluding hydrogens is 404 g/mol. The second-order valence-corrected chi connectivity index (χ2v) is 8.70. The van der Waals surface area contributed by atoms with Crippen LogP contribution >= 0.6 is 0 Å². The topological polar surface area (TPSA) is 84.0 Å². The number of carbonyl (C=O) groups excluding carboxylic acids is 1. The van der Waals surface area contributed by atoms with E-state index < -0.39 is 0 Å². The number of hydrogen-bond acceptors (Lipinski definition) is 4. The Morgan fingerprint density at radius 2 is 1.84 bits per heavy atom. The van der Waals surface area contributed by atoms with Crippen LogP contribution in [0, 0.1) is 0 Å². The van der Waals surface area contributed by atoms with Crippen molar-refractivity contribution < 1.29 is 14.3 Å². The summed E-state index contributed by atoms with van der Waals surface area (Å²) in [7, 11) is 0. The Labute approximate surface area is 192 Å². The molecule has 0 aliphatic heterocycles. The third kappa shape index (κ3) is 9.90. The number of nitrogens with zero attached hydrogens (tertiary/aromatic N) is 1. The number of aliphatic imine (C=N–C) groups is 1. The monoisotopic (exact) mass is 444 g/mol. The van der Waals surface area contributed by atoms with Crippen LogP contribution in [0.3, 0.4) is 0 Å². The number of carbonyl (C=O) groups is 1. The van der Waals surface area contributed by atoms with Crippen LogP contribution in [0.5, 0.6) is 5.75 Å². The lowest BCUT2D eigenvalue weighted by Crippen LogP contribution is -2.38. The van der Waals surface area contributed by atoms with E-state index in [1.165, 1.54) is 37.7 Å². The molecule has 7 heteroatoms. The van der Waals surface area contributed by atoms with E-state index in [2.05, 4.69) is 27.9 Å². The minimum Gasteiger partial charge on any atom is -0.484 e. The molecule has 0 heterocycles. The molecule has 7 nitrogen and oxygen atoms in total. The van der Waals surface area contributed by atoms with Gasteiger partial charge in [-0.25, -0.2) is 0 Å². The lowest BCUT2D eigenvalue weighted by molar-refractivity contribution is -0.123. The van der Waals surface area contributed by atoms with Gasteiger partial charge in [0.05, 0.1) is 6.10 Å². The van der Waals surface area contributed by atoms with Gasteiger partial charge in [0.25, 0.3) is 5.91 Å². The van der Waals surface area contributed by atoms with Crippen LogP contribution in [0.25, 0.3) is 0 Å². The van der Waals surface area contributed by atoms with Gasteiger partial charge in [0.2, 0.25) is 0 Å². The van der Waals surface area contributed by atoms with E-state index in [0.29, 0.717) is 12.1 Å². The summed E-state index contributed by atoms with van der Waals surface area (Å²) in [5.41, 5.74) is 1.21. The summed E-state index contributed by atoms with van der Waals surface area (Å²) < 4.78 is 11.5. The molecule has 0 bridgehead atoms. The number of nitrogens with one attached hydrogen (secondary N) is 3. The van der Waals surface area contributed by atoms with Crippen LogP contribution in [-0.2, 0) is 16.0 Å². The van der Waals surface area contributed by atoms with E-state index in [9.17, 15) is 4.79 Å². The van der Waals surface area contributed by atoms with Gasteiger partial charge in [-0.3, -0.25) is 9.79 Å². The van der Waals surface area contributed by atoms with E-state index >= 15 is 0 Å². The van der Waals surface area contributed by atoms with Gasteiger partial charge in [0, 0.05) is 32.3 Å². The Hall–Kier alpha value is -2.28. The highest BCUT2D eigenvalue weighted by Crippen LogP contribution is 2.20. The largest absolute Gasteiger partial charge is 0.484 e. The molecule has 1 amide bonds. The van der Waals surface area contributed by atoms with E-state index in [4.69, 9.17) is 9.47 Å². The fourth-order valence-electron chi connectivity index (χ4n) is 3.80. The standard InChI is InChI=1S/C25H40N4O3/c1-2-26-25(27-16-6-18-31-22-7-4-3-5-8-22)28-17-15-20-9-13-23(14-10-20)32-19-24(30)29-21-11-12-21/h9-10,13-14,21-22H,2-8,11-12,15-19H2,1H3,(H,29,30)(H2,26,27,28). The molecule has 3 N–H and O–H groups in total. The minimum absolute atomic E-state index is 0.0448. The smallest absolute Gasteiger partial charge is 0.258 e. The molecule has 3 rings (SSSR count). The average Bonchev–Trinajstić information content (AvgIpc) is 3.63. The Kier molecular flexibility index (Phi) is 10.7. The maximum Gasteiger partial charge on any atom is 0.258 e. The van der Waals surface area contributed by atoms with E-state index in [1.54, 1.807) is 0 Å². The summed E-state index contributed by atoms with van der Waals surface area (Å²) in [6, 6.07) is 8.30. The van der Waals surface area contributed by atoms with Crippen molar-refractivity contribution in [1.29, 1.82) is 0 Å². The molecule has 0 radical (unpaired) electrons. The summed E-state index contributed by atoms with van der Waals surface area (Å²) >= 11 is 0. The molecular formula is C25H40N4O3. The Balaban J connectivity index is 1.29. The van der Waals surface area contributed by atoms with Gasteiger partial charge in [0.15, 0.2) is 12.6 Å². The first kappa shape index (κ1) is 24.4. The van der Waals surface area contributed by atoms with Crippen molar-refractivity contribution in [2.45, 2.75) is 76.9 Å². The molecule has 1 aromatic rings. The van der Waals surface area contributed by atoms with Gasteiger partial charge in [-0.2, -0.15) is 0 Å². The molecule has 0 spiro atoms. The molecule has 0 atom stereocenters. The molecule has 0 aromatic heterocycles. The molecule has 2 aliphatic carbocycles. The Morgan fingerprint density at radius 3 is 2.56 bits per heavy atom.